The molecule has 17 heavy (non-hydrogen) atoms. The van der Waals surface area contributed by atoms with E-state index in [4.69, 9.17) is 0 Å². The zero-order valence-corrected chi connectivity index (χ0v) is 11.8. The standard InChI is InChI=1S/C9H20N2O4S2/c1-16(12,13)10-7-6-9-5-3-4-8-11(9)17(2,14)15/h9-10H,3-8H2,1-2H3. The molecule has 102 valence electrons. The van der Waals surface area contributed by atoms with Crippen molar-refractivity contribution in [2.75, 3.05) is 25.6 Å². The summed E-state index contributed by atoms with van der Waals surface area (Å²) in [5.74, 6) is 0. The normalized spacial score (nSPS) is 23.8. The average Bonchev–Trinajstić information content (AvgIpc) is 2.15. The van der Waals surface area contributed by atoms with Crippen LogP contribution in [0.2, 0.25) is 0 Å². The molecule has 1 rings (SSSR count). The minimum atomic E-state index is -3.20. The molecule has 0 radical (unpaired) electrons. The number of nitrogens with one attached hydrogen (secondary N) is 1. The van der Waals surface area contributed by atoms with E-state index in [2.05, 4.69) is 4.72 Å². The maximum Gasteiger partial charge on any atom is 0.211 e. The lowest BCUT2D eigenvalue weighted by Crippen LogP contribution is -2.44. The first-order valence-corrected chi connectivity index (χ1v) is 9.35. The van der Waals surface area contributed by atoms with Crippen LogP contribution < -0.4 is 4.72 Å². The highest BCUT2D eigenvalue weighted by molar-refractivity contribution is 7.88. The molecule has 1 saturated heterocycles. The predicted octanol–water partition coefficient (Wildman–Crippen LogP) is -0.260. The summed E-state index contributed by atoms with van der Waals surface area (Å²) < 4.78 is 48.8. The zero-order valence-electron chi connectivity index (χ0n) is 10.2. The second-order valence-corrected chi connectivity index (χ2v) is 8.25. The van der Waals surface area contributed by atoms with Gasteiger partial charge in [-0.15, -0.1) is 0 Å². The van der Waals surface area contributed by atoms with Crippen LogP contribution in [-0.2, 0) is 20.0 Å². The lowest BCUT2D eigenvalue weighted by molar-refractivity contribution is 0.243. The third-order valence-corrected chi connectivity index (χ3v) is 4.90. The van der Waals surface area contributed by atoms with Gasteiger partial charge in [-0.3, -0.25) is 0 Å². The summed E-state index contributed by atoms with van der Waals surface area (Å²) in [5.41, 5.74) is 0. The van der Waals surface area contributed by atoms with Gasteiger partial charge >= 0.3 is 0 Å². The number of nitrogens with zero attached hydrogens (tertiary/aromatic N) is 1. The van der Waals surface area contributed by atoms with Crippen LogP contribution in [0.4, 0.5) is 0 Å². The molecule has 0 aromatic carbocycles. The molecular weight excluding hydrogens is 264 g/mol. The molecule has 1 unspecified atom stereocenters. The molecule has 1 aliphatic heterocycles. The molecule has 6 nitrogen and oxygen atoms in total. The minimum Gasteiger partial charge on any atom is -0.215 e. The molecule has 0 bridgehead atoms. The molecule has 1 aliphatic rings. The average molecular weight is 284 g/mol. The third-order valence-electron chi connectivity index (χ3n) is 2.84. The second kappa shape index (κ2) is 5.64. The maximum atomic E-state index is 11.5. The number of hydrogen-bond acceptors (Lipinski definition) is 4. The summed E-state index contributed by atoms with van der Waals surface area (Å²) in [4.78, 5) is 0. The maximum absolute atomic E-state index is 11.5. The first kappa shape index (κ1) is 14.9. The van der Waals surface area contributed by atoms with Gasteiger partial charge in [-0.25, -0.2) is 21.6 Å². The SMILES string of the molecule is CS(=O)(=O)NCCC1CCCCN1S(C)(=O)=O. The van der Waals surface area contributed by atoms with Crippen molar-refractivity contribution in [3.8, 4) is 0 Å². The van der Waals surface area contributed by atoms with Gasteiger partial charge in [-0.2, -0.15) is 4.31 Å². The van der Waals surface area contributed by atoms with E-state index in [1.165, 1.54) is 10.6 Å². The van der Waals surface area contributed by atoms with Crippen molar-refractivity contribution in [3.63, 3.8) is 0 Å². The van der Waals surface area contributed by atoms with E-state index in [0.29, 0.717) is 13.0 Å². The highest BCUT2D eigenvalue weighted by Gasteiger charge is 2.28. The van der Waals surface area contributed by atoms with Crippen molar-refractivity contribution in [1.82, 2.24) is 9.03 Å². The van der Waals surface area contributed by atoms with Crippen molar-refractivity contribution in [3.05, 3.63) is 0 Å². The van der Waals surface area contributed by atoms with Gasteiger partial charge in [0.15, 0.2) is 0 Å². The Bertz CT molecular complexity index is 444. The summed E-state index contributed by atoms with van der Waals surface area (Å²) in [6.07, 6.45) is 5.51. The second-order valence-electron chi connectivity index (χ2n) is 4.48. The highest BCUT2D eigenvalue weighted by atomic mass is 32.2. The smallest absolute Gasteiger partial charge is 0.211 e. The Kier molecular flexibility index (Phi) is 4.94. The van der Waals surface area contributed by atoms with E-state index in [-0.39, 0.29) is 12.6 Å². The highest BCUT2D eigenvalue weighted by Crippen LogP contribution is 2.21. The molecule has 0 saturated carbocycles. The van der Waals surface area contributed by atoms with Gasteiger partial charge in [0.05, 0.1) is 12.5 Å². The van der Waals surface area contributed by atoms with Crippen molar-refractivity contribution in [2.24, 2.45) is 0 Å². The lowest BCUT2D eigenvalue weighted by Gasteiger charge is -2.33. The van der Waals surface area contributed by atoms with Crippen LogP contribution in [0.15, 0.2) is 0 Å². The molecule has 8 heteroatoms. The summed E-state index contributed by atoms with van der Waals surface area (Å²) >= 11 is 0. The molecule has 1 atom stereocenters. The van der Waals surface area contributed by atoms with Crippen molar-refractivity contribution in [2.45, 2.75) is 31.7 Å². The van der Waals surface area contributed by atoms with E-state index in [9.17, 15) is 16.8 Å². The van der Waals surface area contributed by atoms with Gasteiger partial charge in [0.2, 0.25) is 20.0 Å². The fraction of sp³-hybridized carbons (Fsp3) is 1.00. The minimum absolute atomic E-state index is 0.0759. The van der Waals surface area contributed by atoms with Gasteiger partial charge in [-0.05, 0) is 19.3 Å². The summed E-state index contributed by atoms with van der Waals surface area (Å²) in [5, 5.41) is 0. The Hall–Kier alpha value is -0.180. The van der Waals surface area contributed by atoms with E-state index in [1.807, 2.05) is 0 Å². The first-order valence-electron chi connectivity index (χ1n) is 5.61. The summed E-state index contributed by atoms with van der Waals surface area (Å²) in [6.45, 7) is 0.831. The molecule has 0 aromatic rings. The monoisotopic (exact) mass is 284 g/mol. The third kappa shape index (κ3) is 5.33. The van der Waals surface area contributed by atoms with E-state index in [0.717, 1.165) is 25.5 Å². The summed E-state index contributed by atoms with van der Waals surface area (Å²) in [6, 6.07) is -0.0759. The fourth-order valence-electron chi connectivity index (χ4n) is 2.11. The fourth-order valence-corrected chi connectivity index (χ4v) is 3.81. The Morgan fingerprint density at radius 2 is 1.82 bits per heavy atom. The molecule has 1 fully saturated rings. The largest absolute Gasteiger partial charge is 0.215 e. The number of piperidine rings is 1. The van der Waals surface area contributed by atoms with E-state index >= 15 is 0 Å². The predicted molar refractivity (Wildman–Crippen MR) is 66.7 cm³/mol. The van der Waals surface area contributed by atoms with Crippen LogP contribution >= 0.6 is 0 Å². The van der Waals surface area contributed by atoms with Crippen molar-refractivity contribution >= 4 is 20.0 Å². The van der Waals surface area contributed by atoms with Gasteiger partial charge in [0.25, 0.3) is 0 Å². The Balaban J connectivity index is 2.55. The molecular formula is C9H20N2O4S2. The summed E-state index contributed by atoms with van der Waals surface area (Å²) in [7, 11) is -6.38. The molecule has 0 spiro atoms. The van der Waals surface area contributed by atoms with Crippen LogP contribution in [0.25, 0.3) is 0 Å². The lowest BCUT2D eigenvalue weighted by atomic mass is 10.0. The van der Waals surface area contributed by atoms with Crippen LogP contribution in [0.5, 0.6) is 0 Å². The molecule has 0 aliphatic carbocycles. The van der Waals surface area contributed by atoms with Crippen LogP contribution in [0.3, 0.4) is 0 Å². The van der Waals surface area contributed by atoms with Gasteiger partial charge in [0, 0.05) is 19.1 Å². The molecule has 0 aromatic heterocycles. The Labute approximate surface area is 103 Å². The van der Waals surface area contributed by atoms with Crippen LogP contribution in [0.1, 0.15) is 25.7 Å². The number of hydrogen-bond donors (Lipinski definition) is 1. The molecule has 0 amide bonds. The van der Waals surface area contributed by atoms with E-state index in [1.54, 1.807) is 0 Å². The van der Waals surface area contributed by atoms with Crippen molar-refractivity contribution < 1.29 is 16.8 Å². The van der Waals surface area contributed by atoms with Gasteiger partial charge in [-0.1, -0.05) is 6.42 Å². The Morgan fingerprint density at radius 1 is 1.18 bits per heavy atom. The topological polar surface area (TPSA) is 83.6 Å². The van der Waals surface area contributed by atoms with Crippen LogP contribution in [-0.4, -0.2) is 52.8 Å². The molecule has 1 N–H and O–H groups in total. The Morgan fingerprint density at radius 3 is 2.35 bits per heavy atom. The quantitative estimate of drug-likeness (QED) is 0.754. The zero-order chi connectivity index (χ0) is 13.1. The van der Waals surface area contributed by atoms with E-state index < -0.39 is 20.0 Å². The molecule has 1 heterocycles. The van der Waals surface area contributed by atoms with Crippen LogP contribution in [0, 0.1) is 0 Å². The number of rotatable bonds is 5. The van der Waals surface area contributed by atoms with Gasteiger partial charge < -0.3 is 0 Å². The number of sulfonamides is 2. The van der Waals surface area contributed by atoms with Gasteiger partial charge in [0.1, 0.15) is 0 Å². The van der Waals surface area contributed by atoms with Crippen molar-refractivity contribution in [1.29, 1.82) is 0 Å². The first-order chi connectivity index (χ1) is 7.70.